The number of benzene rings is 2. The van der Waals surface area contributed by atoms with Crippen LogP contribution in [0.5, 0.6) is 0 Å². The fraction of sp³-hybridized carbons (Fsp3) is 0.0625. The number of H-pyrrole nitrogens is 1. The van der Waals surface area contributed by atoms with Gasteiger partial charge in [-0.05, 0) is 12.1 Å². The molecule has 0 fully saturated rings. The first-order valence-corrected chi connectivity index (χ1v) is 6.96. The maximum atomic E-state index is 12.2. The number of guanidine groups is 1. The number of hydrogen-bond acceptors (Lipinski definition) is 4. The van der Waals surface area contributed by atoms with Crippen LogP contribution >= 0.6 is 0 Å². The minimum Gasteiger partial charge on any atom is -0.357 e. The summed E-state index contributed by atoms with van der Waals surface area (Å²) in [6.45, 7) is 0. The molecule has 0 spiro atoms. The van der Waals surface area contributed by atoms with Crippen molar-refractivity contribution >= 4 is 22.8 Å². The molecule has 1 aromatic heterocycles. The summed E-state index contributed by atoms with van der Waals surface area (Å²) < 4.78 is 1.95. The summed E-state index contributed by atoms with van der Waals surface area (Å²) in [6.07, 6.45) is -0.320. The molecule has 2 aromatic carbocycles. The van der Waals surface area contributed by atoms with E-state index in [1.165, 1.54) is 0 Å². The summed E-state index contributed by atoms with van der Waals surface area (Å²) in [4.78, 5) is 19.5. The molecule has 1 aliphatic heterocycles. The first kappa shape index (κ1) is 12.6. The van der Waals surface area contributed by atoms with Crippen molar-refractivity contribution in [1.82, 2.24) is 4.98 Å². The molecule has 0 unspecified atom stereocenters. The van der Waals surface area contributed by atoms with E-state index in [-0.39, 0.29) is 17.7 Å². The molecule has 6 heteroatoms. The zero-order chi connectivity index (χ0) is 15.1. The second-order valence-corrected chi connectivity index (χ2v) is 5.11. The first-order valence-electron chi connectivity index (χ1n) is 6.96. The Kier molecular flexibility index (Phi) is 2.69. The Morgan fingerprint density at radius 1 is 1.05 bits per heavy atom. The van der Waals surface area contributed by atoms with E-state index < -0.39 is 0 Å². The lowest BCUT2D eigenvalue weighted by molar-refractivity contribution is -0.677. The van der Waals surface area contributed by atoms with Crippen molar-refractivity contribution in [3.05, 3.63) is 70.5 Å². The molecule has 0 bridgehead atoms. The van der Waals surface area contributed by atoms with Crippen molar-refractivity contribution in [3.8, 4) is 0 Å². The highest BCUT2D eigenvalue weighted by Crippen LogP contribution is 2.21. The van der Waals surface area contributed by atoms with Gasteiger partial charge in [0.25, 0.3) is 5.96 Å². The molecule has 6 nitrogen and oxygen atoms in total. The number of aliphatic imine (C=N–C) groups is 1. The zero-order valence-corrected chi connectivity index (χ0v) is 11.7. The van der Waals surface area contributed by atoms with Crippen LogP contribution in [0.15, 0.2) is 64.4 Å². The molecule has 2 heterocycles. The van der Waals surface area contributed by atoms with Crippen molar-refractivity contribution in [2.45, 2.75) is 6.17 Å². The number of rotatable bonds is 1. The summed E-state index contributed by atoms with van der Waals surface area (Å²) >= 11 is 0. The number of anilines is 1. The SMILES string of the molecule is NC1=N[C@H](c2ccccc2)[n+]2c([nH]c(=O)c3ccccc32)N1. The van der Waals surface area contributed by atoms with Crippen LogP contribution in [0.25, 0.3) is 10.9 Å². The van der Waals surface area contributed by atoms with Gasteiger partial charge in [0.15, 0.2) is 0 Å². The molecule has 3 aromatic rings. The van der Waals surface area contributed by atoms with Gasteiger partial charge in [-0.15, -0.1) is 0 Å². The predicted octanol–water partition coefficient (Wildman–Crippen LogP) is 1.10. The van der Waals surface area contributed by atoms with Gasteiger partial charge in [-0.1, -0.05) is 42.5 Å². The topological polar surface area (TPSA) is 87.2 Å². The maximum Gasteiger partial charge on any atom is 0.367 e. The fourth-order valence-corrected chi connectivity index (χ4v) is 2.77. The van der Waals surface area contributed by atoms with Crippen LogP contribution in [0.3, 0.4) is 0 Å². The molecular weight excluding hydrogens is 278 g/mol. The van der Waals surface area contributed by atoms with Gasteiger partial charge in [-0.2, -0.15) is 4.99 Å². The fourth-order valence-electron chi connectivity index (χ4n) is 2.77. The normalized spacial score (nSPS) is 16.7. The number of hydrogen-bond donors (Lipinski definition) is 3. The molecule has 108 valence electrons. The maximum absolute atomic E-state index is 12.2. The first-order chi connectivity index (χ1) is 10.7. The Balaban J connectivity index is 2.06. The monoisotopic (exact) mass is 292 g/mol. The number of para-hydroxylation sites is 1. The molecule has 22 heavy (non-hydrogen) atoms. The number of aromatic nitrogens is 2. The van der Waals surface area contributed by atoms with Crippen LogP contribution in [0.2, 0.25) is 0 Å². The van der Waals surface area contributed by atoms with Crippen LogP contribution in [0.1, 0.15) is 11.7 Å². The van der Waals surface area contributed by atoms with E-state index in [0.717, 1.165) is 11.1 Å². The quantitative estimate of drug-likeness (QED) is 0.587. The molecule has 4 rings (SSSR count). The lowest BCUT2D eigenvalue weighted by atomic mass is 10.1. The van der Waals surface area contributed by atoms with Gasteiger partial charge in [0.2, 0.25) is 6.17 Å². The van der Waals surface area contributed by atoms with E-state index in [1.54, 1.807) is 6.07 Å². The number of fused-ring (bicyclic) bond motifs is 3. The highest BCUT2D eigenvalue weighted by atomic mass is 16.1. The highest BCUT2D eigenvalue weighted by molar-refractivity contribution is 5.91. The summed E-state index contributed by atoms with van der Waals surface area (Å²) in [5.41, 5.74) is 7.52. The summed E-state index contributed by atoms with van der Waals surface area (Å²) in [5, 5.41) is 3.54. The highest BCUT2D eigenvalue weighted by Gasteiger charge is 2.29. The standard InChI is InChI=1S/C16H13N5O/c17-15-18-13(10-6-2-1-3-7-10)21-12-9-5-4-8-11(12)14(22)19-16(21)20-15/h1-9,13H,(H3,17,18,19,20,22)/p+1/t13-/m0/s1. The van der Waals surface area contributed by atoms with Crippen molar-refractivity contribution in [1.29, 1.82) is 0 Å². The van der Waals surface area contributed by atoms with Crippen molar-refractivity contribution in [3.63, 3.8) is 0 Å². The molecule has 1 atom stereocenters. The van der Waals surface area contributed by atoms with E-state index in [9.17, 15) is 4.79 Å². The molecule has 1 aliphatic rings. The lowest BCUT2D eigenvalue weighted by Gasteiger charge is -2.21. The average molecular weight is 292 g/mol. The van der Waals surface area contributed by atoms with Crippen molar-refractivity contribution in [2.24, 2.45) is 10.7 Å². The number of nitrogens with two attached hydrogens (primary N) is 1. The zero-order valence-electron chi connectivity index (χ0n) is 11.7. The second kappa shape index (κ2) is 4.70. The third kappa shape index (κ3) is 1.85. The van der Waals surface area contributed by atoms with Gasteiger partial charge in [0.1, 0.15) is 5.52 Å². The van der Waals surface area contributed by atoms with Crippen LogP contribution in [-0.4, -0.2) is 10.9 Å². The van der Waals surface area contributed by atoms with E-state index in [2.05, 4.69) is 15.3 Å². The summed E-state index contributed by atoms with van der Waals surface area (Å²) in [5.74, 6) is 0.810. The van der Waals surface area contributed by atoms with Crippen LogP contribution in [0, 0.1) is 0 Å². The molecule has 0 amide bonds. The number of aromatic amines is 1. The summed E-state index contributed by atoms with van der Waals surface area (Å²) in [6, 6.07) is 17.3. The van der Waals surface area contributed by atoms with Gasteiger partial charge in [-0.25, -0.2) is 14.9 Å². The van der Waals surface area contributed by atoms with E-state index in [4.69, 9.17) is 5.73 Å². The number of nitrogens with one attached hydrogen (secondary N) is 2. The van der Waals surface area contributed by atoms with E-state index in [1.807, 2.05) is 53.1 Å². The largest absolute Gasteiger partial charge is 0.367 e. The molecule has 0 saturated heterocycles. The van der Waals surface area contributed by atoms with Gasteiger partial charge >= 0.3 is 11.5 Å². The van der Waals surface area contributed by atoms with Gasteiger partial charge in [-0.3, -0.25) is 4.79 Å². The molecule has 0 aliphatic carbocycles. The molecule has 4 N–H and O–H groups in total. The third-order valence-electron chi connectivity index (χ3n) is 3.73. The van der Waals surface area contributed by atoms with Crippen LogP contribution in [0.4, 0.5) is 5.95 Å². The van der Waals surface area contributed by atoms with E-state index >= 15 is 0 Å². The summed E-state index contributed by atoms with van der Waals surface area (Å²) in [7, 11) is 0. The second-order valence-electron chi connectivity index (χ2n) is 5.11. The van der Waals surface area contributed by atoms with Gasteiger partial charge < -0.3 is 5.73 Å². The molecular formula is C16H14N5O+. The van der Waals surface area contributed by atoms with Crippen molar-refractivity contribution in [2.75, 3.05) is 5.32 Å². The minimum atomic E-state index is -0.320. The minimum absolute atomic E-state index is 0.157. The van der Waals surface area contributed by atoms with Crippen LogP contribution < -0.4 is 21.2 Å². The molecule has 0 saturated carbocycles. The molecule has 0 radical (unpaired) electrons. The Morgan fingerprint density at radius 2 is 1.77 bits per heavy atom. The van der Waals surface area contributed by atoms with Crippen LogP contribution in [-0.2, 0) is 0 Å². The third-order valence-corrected chi connectivity index (χ3v) is 3.73. The Bertz CT molecular complexity index is 946. The smallest absolute Gasteiger partial charge is 0.357 e. The predicted molar refractivity (Wildman–Crippen MR) is 84.6 cm³/mol. The van der Waals surface area contributed by atoms with Gasteiger partial charge in [0.05, 0.1) is 5.39 Å². The lowest BCUT2D eigenvalue weighted by Crippen LogP contribution is -2.51. The Morgan fingerprint density at radius 3 is 2.59 bits per heavy atom. The average Bonchev–Trinajstić information content (AvgIpc) is 2.55. The van der Waals surface area contributed by atoms with Crippen molar-refractivity contribution < 1.29 is 4.57 Å². The Hall–Kier alpha value is -3.15. The Labute approximate surface area is 125 Å². The number of nitrogens with zero attached hydrogens (tertiary/aromatic N) is 2. The van der Waals surface area contributed by atoms with Gasteiger partial charge in [0, 0.05) is 5.56 Å². The van der Waals surface area contributed by atoms with E-state index in [0.29, 0.717) is 11.3 Å².